The number of amides is 2. The number of thioether (sulfide) groups is 1. The van der Waals surface area contributed by atoms with Gasteiger partial charge in [0.05, 0.1) is 18.5 Å². The molecule has 1 N–H and O–H groups in total. The van der Waals surface area contributed by atoms with Gasteiger partial charge in [-0.05, 0) is 43.2 Å². The van der Waals surface area contributed by atoms with E-state index in [0.29, 0.717) is 23.1 Å². The van der Waals surface area contributed by atoms with E-state index in [1.165, 1.54) is 11.8 Å². The third kappa shape index (κ3) is 5.42. The second-order valence-corrected chi connectivity index (χ2v) is 8.31. The number of amidine groups is 1. The lowest BCUT2D eigenvalue weighted by molar-refractivity contribution is -0.128. The quantitative estimate of drug-likeness (QED) is 0.662. The van der Waals surface area contributed by atoms with Crippen molar-refractivity contribution in [3.8, 4) is 5.75 Å². The van der Waals surface area contributed by atoms with E-state index in [-0.39, 0.29) is 18.2 Å². The molecular weight excluding hydrogens is 398 g/mol. The van der Waals surface area contributed by atoms with Crippen LogP contribution in [0, 0.1) is 6.92 Å². The molecule has 1 fully saturated rings. The second-order valence-electron chi connectivity index (χ2n) is 7.14. The SMILES string of the molecule is CCCCN1C(=O)[C@H](CC(=O)Nc2ccccc2OC)SC1=Nc1cccc(C)c1. The van der Waals surface area contributed by atoms with E-state index < -0.39 is 5.25 Å². The van der Waals surface area contributed by atoms with Gasteiger partial charge in [-0.2, -0.15) is 0 Å². The smallest absolute Gasteiger partial charge is 0.242 e. The van der Waals surface area contributed by atoms with Gasteiger partial charge in [0.25, 0.3) is 0 Å². The average Bonchev–Trinajstić information content (AvgIpc) is 3.01. The Labute approximate surface area is 181 Å². The van der Waals surface area contributed by atoms with Crippen LogP contribution in [-0.4, -0.2) is 40.8 Å². The van der Waals surface area contributed by atoms with E-state index >= 15 is 0 Å². The highest BCUT2D eigenvalue weighted by Gasteiger charge is 2.38. The van der Waals surface area contributed by atoms with E-state index in [9.17, 15) is 9.59 Å². The van der Waals surface area contributed by atoms with Gasteiger partial charge in [-0.15, -0.1) is 0 Å². The summed E-state index contributed by atoms with van der Waals surface area (Å²) in [6.07, 6.45) is 1.95. The maximum atomic E-state index is 13.0. The highest BCUT2D eigenvalue weighted by Crippen LogP contribution is 2.33. The molecule has 1 saturated heterocycles. The molecule has 158 valence electrons. The highest BCUT2D eigenvalue weighted by molar-refractivity contribution is 8.15. The number of nitrogens with one attached hydrogen (secondary N) is 1. The Hall–Kier alpha value is -2.80. The highest BCUT2D eigenvalue weighted by atomic mass is 32.2. The number of benzene rings is 2. The lowest BCUT2D eigenvalue weighted by Gasteiger charge is -2.16. The number of anilines is 1. The Kier molecular flexibility index (Phi) is 7.52. The van der Waals surface area contributed by atoms with Gasteiger partial charge in [-0.3, -0.25) is 14.5 Å². The third-order valence-corrected chi connectivity index (χ3v) is 5.91. The first-order chi connectivity index (χ1) is 14.5. The van der Waals surface area contributed by atoms with Crippen LogP contribution in [0.1, 0.15) is 31.7 Å². The van der Waals surface area contributed by atoms with Crippen molar-refractivity contribution in [2.75, 3.05) is 19.0 Å². The fraction of sp³-hybridized carbons (Fsp3) is 0.348. The van der Waals surface area contributed by atoms with Gasteiger partial charge < -0.3 is 10.1 Å². The predicted molar refractivity (Wildman–Crippen MR) is 123 cm³/mol. The molecule has 7 heteroatoms. The van der Waals surface area contributed by atoms with E-state index in [0.717, 1.165) is 24.1 Å². The van der Waals surface area contributed by atoms with Crippen molar-refractivity contribution in [2.24, 2.45) is 4.99 Å². The second kappa shape index (κ2) is 10.3. The first-order valence-corrected chi connectivity index (χ1v) is 11.0. The molecule has 1 aliphatic rings. The van der Waals surface area contributed by atoms with Crippen LogP contribution < -0.4 is 10.1 Å². The minimum Gasteiger partial charge on any atom is -0.495 e. The topological polar surface area (TPSA) is 71.0 Å². The van der Waals surface area contributed by atoms with Crippen molar-refractivity contribution < 1.29 is 14.3 Å². The number of carbonyl (C=O) groups is 2. The number of nitrogens with zero attached hydrogens (tertiary/aromatic N) is 2. The van der Waals surface area contributed by atoms with Gasteiger partial charge in [0, 0.05) is 13.0 Å². The zero-order chi connectivity index (χ0) is 21.5. The molecule has 0 unspecified atom stereocenters. The van der Waals surface area contributed by atoms with Crippen LogP contribution in [0.2, 0.25) is 0 Å². The molecule has 0 aliphatic carbocycles. The number of aryl methyl sites for hydroxylation is 1. The molecule has 0 bridgehead atoms. The molecule has 3 rings (SSSR count). The third-order valence-electron chi connectivity index (χ3n) is 4.73. The first kappa shape index (κ1) is 21.9. The summed E-state index contributed by atoms with van der Waals surface area (Å²) in [5.74, 6) is 0.301. The summed E-state index contributed by atoms with van der Waals surface area (Å²) in [5.41, 5.74) is 2.52. The number of rotatable bonds is 8. The zero-order valence-electron chi connectivity index (χ0n) is 17.6. The summed E-state index contributed by atoms with van der Waals surface area (Å²) < 4.78 is 5.28. The monoisotopic (exact) mass is 425 g/mol. The molecular formula is C23H27N3O3S. The molecule has 30 heavy (non-hydrogen) atoms. The Morgan fingerprint density at radius 3 is 2.77 bits per heavy atom. The summed E-state index contributed by atoms with van der Waals surface area (Å²) in [6.45, 7) is 4.71. The number of ether oxygens (including phenoxy) is 1. The van der Waals surface area contributed by atoms with Gasteiger partial charge in [0.2, 0.25) is 11.8 Å². The standard InChI is InChI=1S/C23H27N3O3S/c1-4-5-13-26-22(28)20(30-23(26)24-17-10-8-9-16(2)14-17)15-21(27)25-18-11-6-7-12-19(18)29-3/h6-12,14,20H,4-5,13,15H2,1-3H3,(H,25,27)/t20-/m0/s1. The van der Waals surface area contributed by atoms with Crippen molar-refractivity contribution >= 4 is 40.1 Å². The van der Waals surface area contributed by atoms with Crippen LogP contribution in [0.3, 0.4) is 0 Å². The minimum atomic E-state index is -0.486. The molecule has 1 aliphatic heterocycles. The first-order valence-electron chi connectivity index (χ1n) is 10.1. The summed E-state index contributed by atoms with van der Waals surface area (Å²) in [5, 5.41) is 3.03. The van der Waals surface area contributed by atoms with Crippen LogP contribution in [-0.2, 0) is 9.59 Å². The molecule has 0 aromatic heterocycles. The normalized spacial score (nSPS) is 17.4. The minimum absolute atomic E-state index is 0.0602. The van der Waals surface area contributed by atoms with Crippen molar-refractivity contribution in [3.63, 3.8) is 0 Å². The largest absolute Gasteiger partial charge is 0.495 e. The number of carbonyl (C=O) groups excluding carboxylic acids is 2. The molecule has 1 heterocycles. The number of hydrogen-bond acceptors (Lipinski definition) is 5. The number of unbranched alkanes of at least 4 members (excludes halogenated alkanes) is 1. The maximum Gasteiger partial charge on any atom is 0.242 e. The molecule has 2 aromatic rings. The van der Waals surface area contributed by atoms with E-state index in [4.69, 9.17) is 9.73 Å². The molecule has 1 atom stereocenters. The average molecular weight is 426 g/mol. The zero-order valence-corrected chi connectivity index (χ0v) is 18.4. The molecule has 2 aromatic carbocycles. The van der Waals surface area contributed by atoms with Crippen molar-refractivity contribution in [1.29, 1.82) is 0 Å². The fourth-order valence-electron chi connectivity index (χ4n) is 3.17. The maximum absolute atomic E-state index is 13.0. The van der Waals surface area contributed by atoms with Gasteiger partial charge in [0.1, 0.15) is 11.0 Å². The van der Waals surface area contributed by atoms with Gasteiger partial charge >= 0.3 is 0 Å². The summed E-state index contributed by atoms with van der Waals surface area (Å²) in [7, 11) is 1.56. The van der Waals surface area contributed by atoms with E-state index in [1.54, 1.807) is 24.1 Å². The predicted octanol–water partition coefficient (Wildman–Crippen LogP) is 4.76. The van der Waals surface area contributed by atoms with Crippen LogP contribution >= 0.6 is 11.8 Å². The lowest BCUT2D eigenvalue weighted by atomic mass is 10.2. The fourth-order valence-corrected chi connectivity index (χ4v) is 4.36. The number of hydrogen-bond donors (Lipinski definition) is 1. The Morgan fingerprint density at radius 2 is 2.03 bits per heavy atom. The molecule has 0 radical (unpaired) electrons. The van der Waals surface area contributed by atoms with Crippen LogP contribution in [0.15, 0.2) is 53.5 Å². The summed E-state index contributed by atoms with van der Waals surface area (Å²) >= 11 is 1.36. The van der Waals surface area contributed by atoms with Gasteiger partial charge in [0.15, 0.2) is 5.17 Å². The Bertz CT molecular complexity index is 945. The van der Waals surface area contributed by atoms with E-state index in [1.807, 2.05) is 43.3 Å². The van der Waals surface area contributed by atoms with Crippen molar-refractivity contribution in [3.05, 3.63) is 54.1 Å². The van der Waals surface area contributed by atoms with E-state index in [2.05, 4.69) is 12.2 Å². The summed E-state index contributed by atoms with van der Waals surface area (Å²) in [4.78, 5) is 32.1. The molecule has 6 nitrogen and oxygen atoms in total. The summed E-state index contributed by atoms with van der Waals surface area (Å²) in [6, 6.07) is 15.1. The van der Waals surface area contributed by atoms with Crippen LogP contribution in [0.5, 0.6) is 5.75 Å². The number of para-hydroxylation sites is 2. The van der Waals surface area contributed by atoms with Gasteiger partial charge in [-0.1, -0.05) is 49.4 Å². The van der Waals surface area contributed by atoms with Crippen LogP contribution in [0.25, 0.3) is 0 Å². The number of aliphatic imine (C=N–C) groups is 1. The molecule has 0 spiro atoms. The lowest BCUT2D eigenvalue weighted by Crippen LogP contribution is -2.34. The van der Waals surface area contributed by atoms with Gasteiger partial charge in [-0.25, -0.2) is 4.99 Å². The van der Waals surface area contributed by atoms with Crippen LogP contribution in [0.4, 0.5) is 11.4 Å². The number of methoxy groups -OCH3 is 1. The Morgan fingerprint density at radius 1 is 1.23 bits per heavy atom. The van der Waals surface area contributed by atoms with Crippen molar-refractivity contribution in [1.82, 2.24) is 4.90 Å². The van der Waals surface area contributed by atoms with Crippen molar-refractivity contribution in [2.45, 2.75) is 38.4 Å². The Balaban J connectivity index is 1.75. The molecule has 0 saturated carbocycles. The molecule has 2 amide bonds.